The Bertz CT molecular complexity index is 765. The normalized spacial score (nSPS) is 9.92. The Labute approximate surface area is 144 Å². The molecule has 132 valence electrons. The van der Waals surface area contributed by atoms with Crippen molar-refractivity contribution in [3.05, 3.63) is 41.6 Å². The third kappa shape index (κ3) is 3.79. The Kier molecular flexibility index (Phi) is 5.78. The van der Waals surface area contributed by atoms with Crippen LogP contribution in [0.4, 0.5) is 5.82 Å². The first kappa shape index (κ1) is 18.1. The van der Waals surface area contributed by atoms with Gasteiger partial charge in [0.2, 0.25) is 5.75 Å². The monoisotopic (exact) mass is 346 g/mol. The summed E-state index contributed by atoms with van der Waals surface area (Å²) in [4.78, 5) is 28.3. The first-order chi connectivity index (χ1) is 12.0. The summed E-state index contributed by atoms with van der Waals surface area (Å²) in [6, 6.07) is 6.07. The molecular formula is C17H18N2O6. The second-order valence-corrected chi connectivity index (χ2v) is 4.76. The van der Waals surface area contributed by atoms with Crippen molar-refractivity contribution in [3.8, 4) is 17.2 Å². The molecule has 2 aromatic rings. The Morgan fingerprint density at radius 2 is 1.64 bits per heavy atom. The lowest BCUT2D eigenvalue weighted by Crippen LogP contribution is -2.17. The molecular weight excluding hydrogens is 328 g/mol. The van der Waals surface area contributed by atoms with Crippen LogP contribution in [0.3, 0.4) is 0 Å². The van der Waals surface area contributed by atoms with Gasteiger partial charge in [-0.3, -0.25) is 4.79 Å². The lowest BCUT2D eigenvalue weighted by atomic mass is 10.1. The van der Waals surface area contributed by atoms with Crippen LogP contribution in [0.1, 0.15) is 20.7 Å². The van der Waals surface area contributed by atoms with Gasteiger partial charge >= 0.3 is 5.97 Å². The smallest absolute Gasteiger partial charge is 0.341 e. The second-order valence-electron chi connectivity index (χ2n) is 4.76. The standard InChI is InChI=1S/C17H18N2O6/c1-22-12-8-10(9-13(23-2)14(12)24-3)16(20)19-15-11(17(21)25-4)6-5-7-18-15/h5-9H,1-4H3,(H,18,19,20). The first-order valence-corrected chi connectivity index (χ1v) is 7.20. The molecule has 0 radical (unpaired) electrons. The molecule has 1 N–H and O–H groups in total. The molecule has 0 atom stereocenters. The molecule has 0 saturated heterocycles. The quantitative estimate of drug-likeness (QED) is 0.801. The molecule has 1 heterocycles. The van der Waals surface area contributed by atoms with Gasteiger partial charge in [0.1, 0.15) is 11.4 Å². The zero-order valence-corrected chi connectivity index (χ0v) is 14.3. The third-order valence-electron chi connectivity index (χ3n) is 3.37. The van der Waals surface area contributed by atoms with Gasteiger partial charge in [-0.1, -0.05) is 0 Å². The average molecular weight is 346 g/mol. The van der Waals surface area contributed by atoms with Crippen molar-refractivity contribution in [2.45, 2.75) is 0 Å². The zero-order valence-electron chi connectivity index (χ0n) is 14.3. The predicted octanol–water partition coefficient (Wildman–Crippen LogP) is 2.15. The highest BCUT2D eigenvalue weighted by atomic mass is 16.5. The van der Waals surface area contributed by atoms with E-state index in [1.54, 1.807) is 6.07 Å². The maximum absolute atomic E-state index is 12.6. The molecule has 0 spiro atoms. The van der Waals surface area contributed by atoms with E-state index in [0.29, 0.717) is 17.2 Å². The number of carbonyl (C=O) groups is 2. The SMILES string of the molecule is COC(=O)c1cccnc1NC(=O)c1cc(OC)c(OC)c(OC)c1. The number of benzene rings is 1. The molecule has 0 aliphatic carbocycles. The van der Waals surface area contributed by atoms with Crippen molar-refractivity contribution < 1.29 is 28.5 Å². The fraction of sp³-hybridized carbons (Fsp3) is 0.235. The highest BCUT2D eigenvalue weighted by Gasteiger charge is 2.19. The highest BCUT2D eigenvalue weighted by molar-refractivity contribution is 6.07. The molecule has 0 saturated carbocycles. The molecule has 8 heteroatoms. The van der Waals surface area contributed by atoms with Crippen LogP contribution in [0.25, 0.3) is 0 Å². The number of hydrogen-bond donors (Lipinski definition) is 1. The number of rotatable bonds is 6. The summed E-state index contributed by atoms with van der Waals surface area (Å²) in [5, 5.41) is 2.58. The highest BCUT2D eigenvalue weighted by Crippen LogP contribution is 2.38. The Balaban J connectivity index is 2.38. The van der Waals surface area contributed by atoms with Crippen LogP contribution in [0.2, 0.25) is 0 Å². The lowest BCUT2D eigenvalue weighted by Gasteiger charge is -2.14. The minimum absolute atomic E-state index is 0.0908. The summed E-state index contributed by atoms with van der Waals surface area (Å²) in [5.74, 6) is 0.0292. The van der Waals surface area contributed by atoms with Crippen LogP contribution < -0.4 is 19.5 Å². The number of carbonyl (C=O) groups excluding carboxylic acids is 2. The molecule has 8 nitrogen and oxygen atoms in total. The molecule has 0 bridgehead atoms. The van der Waals surface area contributed by atoms with Crippen molar-refractivity contribution in [2.75, 3.05) is 33.8 Å². The predicted molar refractivity (Wildman–Crippen MR) is 89.6 cm³/mol. The van der Waals surface area contributed by atoms with Gasteiger partial charge in [0, 0.05) is 11.8 Å². The van der Waals surface area contributed by atoms with Crippen molar-refractivity contribution in [2.24, 2.45) is 0 Å². The number of esters is 1. The maximum Gasteiger partial charge on any atom is 0.341 e. The summed E-state index contributed by atoms with van der Waals surface area (Å²) in [7, 11) is 5.62. The number of nitrogens with zero attached hydrogens (tertiary/aromatic N) is 1. The van der Waals surface area contributed by atoms with Crippen LogP contribution in [0.5, 0.6) is 17.2 Å². The van der Waals surface area contributed by atoms with Crippen LogP contribution in [0, 0.1) is 0 Å². The van der Waals surface area contributed by atoms with Gasteiger partial charge < -0.3 is 24.3 Å². The van der Waals surface area contributed by atoms with Gasteiger partial charge in [-0.15, -0.1) is 0 Å². The Hall–Kier alpha value is -3.29. The number of aromatic nitrogens is 1. The van der Waals surface area contributed by atoms with E-state index in [9.17, 15) is 9.59 Å². The molecule has 1 aromatic heterocycles. The van der Waals surface area contributed by atoms with E-state index < -0.39 is 11.9 Å². The molecule has 0 unspecified atom stereocenters. The number of ether oxygens (including phenoxy) is 4. The van der Waals surface area contributed by atoms with Gasteiger partial charge in [-0.05, 0) is 24.3 Å². The van der Waals surface area contributed by atoms with Crippen molar-refractivity contribution in [1.29, 1.82) is 0 Å². The minimum atomic E-state index is -0.603. The van der Waals surface area contributed by atoms with Crippen LogP contribution in [-0.4, -0.2) is 45.3 Å². The minimum Gasteiger partial charge on any atom is -0.493 e. The maximum atomic E-state index is 12.6. The van der Waals surface area contributed by atoms with Gasteiger partial charge in [0.25, 0.3) is 5.91 Å². The van der Waals surface area contributed by atoms with Crippen molar-refractivity contribution in [1.82, 2.24) is 4.98 Å². The molecule has 25 heavy (non-hydrogen) atoms. The van der Waals surface area contributed by atoms with Crippen LogP contribution in [0.15, 0.2) is 30.5 Å². The van der Waals surface area contributed by atoms with Crippen molar-refractivity contribution in [3.63, 3.8) is 0 Å². The largest absolute Gasteiger partial charge is 0.493 e. The number of methoxy groups -OCH3 is 4. The Morgan fingerprint density at radius 3 is 2.16 bits per heavy atom. The van der Waals surface area contributed by atoms with Crippen molar-refractivity contribution >= 4 is 17.7 Å². The van der Waals surface area contributed by atoms with E-state index >= 15 is 0 Å². The molecule has 0 aliphatic rings. The molecule has 0 aliphatic heterocycles. The van der Waals surface area contributed by atoms with Crippen LogP contribution in [-0.2, 0) is 4.74 Å². The molecule has 1 amide bonds. The summed E-state index contributed by atoms with van der Waals surface area (Å²) in [6.07, 6.45) is 1.46. The first-order valence-electron chi connectivity index (χ1n) is 7.20. The second kappa shape index (κ2) is 8.00. The van der Waals surface area contributed by atoms with Gasteiger partial charge in [0.05, 0.1) is 28.4 Å². The number of hydrogen-bond acceptors (Lipinski definition) is 7. The fourth-order valence-corrected chi connectivity index (χ4v) is 2.17. The molecule has 2 rings (SSSR count). The number of pyridine rings is 1. The van der Waals surface area contributed by atoms with Crippen LogP contribution >= 0.6 is 0 Å². The fourth-order valence-electron chi connectivity index (χ4n) is 2.17. The summed E-state index contributed by atoms with van der Waals surface area (Å²) < 4.78 is 20.4. The zero-order chi connectivity index (χ0) is 18.4. The van der Waals surface area contributed by atoms with E-state index in [1.165, 1.54) is 52.8 Å². The van der Waals surface area contributed by atoms with E-state index in [2.05, 4.69) is 15.0 Å². The third-order valence-corrected chi connectivity index (χ3v) is 3.37. The topological polar surface area (TPSA) is 96.0 Å². The average Bonchev–Trinajstić information content (AvgIpc) is 2.66. The van der Waals surface area contributed by atoms with Gasteiger partial charge in [0.15, 0.2) is 11.5 Å². The van der Waals surface area contributed by atoms with Gasteiger partial charge in [-0.2, -0.15) is 0 Å². The van der Waals surface area contributed by atoms with Gasteiger partial charge in [-0.25, -0.2) is 9.78 Å². The number of amides is 1. The molecule has 0 fully saturated rings. The van der Waals surface area contributed by atoms with E-state index in [0.717, 1.165) is 0 Å². The lowest BCUT2D eigenvalue weighted by molar-refractivity contribution is 0.0601. The molecule has 1 aromatic carbocycles. The van der Waals surface area contributed by atoms with E-state index in [4.69, 9.17) is 14.2 Å². The summed E-state index contributed by atoms with van der Waals surface area (Å²) in [6.45, 7) is 0. The Morgan fingerprint density at radius 1 is 1.00 bits per heavy atom. The summed E-state index contributed by atoms with van der Waals surface area (Å²) in [5.41, 5.74) is 0.391. The van der Waals surface area contributed by atoms with E-state index in [1.807, 2.05) is 0 Å². The van der Waals surface area contributed by atoms with E-state index in [-0.39, 0.29) is 16.9 Å². The number of anilines is 1. The number of nitrogens with one attached hydrogen (secondary N) is 1. The summed E-state index contributed by atoms with van der Waals surface area (Å²) >= 11 is 0.